The zero-order valence-corrected chi connectivity index (χ0v) is 12.3. The topological polar surface area (TPSA) is 43.1 Å². The lowest BCUT2D eigenvalue weighted by Gasteiger charge is -2.06. The Morgan fingerprint density at radius 1 is 1.19 bits per heavy atom. The van der Waals surface area contributed by atoms with Crippen LogP contribution in [0.5, 0.6) is 0 Å². The maximum atomic E-state index is 12.4. The van der Waals surface area contributed by atoms with E-state index in [1.807, 2.05) is 30.3 Å². The van der Waals surface area contributed by atoms with Gasteiger partial charge in [-0.1, -0.05) is 12.1 Å². The molecule has 21 heavy (non-hydrogen) atoms. The van der Waals surface area contributed by atoms with Gasteiger partial charge in [-0.3, -0.25) is 9.78 Å². The van der Waals surface area contributed by atoms with Crippen molar-refractivity contribution in [2.45, 2.75) is 24.2 Å². The van der Waals surface area contributed by atoms with Gasteiger partial charge in [0.15, 0.2) is 5.78 Å². The Kier molecular flexibility index (Phi) is 4.06. The van der Waals surface area contributed by atoms with Gasteiger partial charge in [0.1, 0.15) is 5.76 Å². The minimum Gasteiger partial charge on any atom is -0.469 e. The lowest BCUT2D eigenvalue weighted by atomic mass is 10.0. The molecule has 0 N–H and O–H groups in total. The number of nitrogens with zero attached hydrogens (tertiary/aromatic N) is 1. The van der Waals surface area contributed by atoms with Crippen LogP contribution in [0.25, 0.3) is 10.9 Å². The van der Waals surface area contributed by atoms with E-state index in [1.54, 1.807) is 18.5 Å². The Labute approximate surface area is 128 Å². The minimum atomic E-state index is 0.132. The molecule has 0 radical (unpaired) electrons. The van der Waals surface area contributed by atoms with Crippen molar-refractivity contribution in [1.29, 1.82) is 0 Å². The van der Waals surface area contributed by atoms with Gasteiger partial charge in [-0.15, -0.1) is 12.6 Å². The highest BCUT2D eigenvalue weighted by Crippen LogP contribution is 2.24. The molecule has 2 aromatic heterocycles. The van der Waals surface area contributed by atoms with Crippen molar-refractivity contribution in [2.75, 3.05) is 0 Å². The summed E-state index contributed by atoms with van der Waals surface area (Å²) in [6.45, 7) is 0. The van der Waals surface area contributed by atoms with Crippen LogP contribution >= 0.6 is 12.6 Å². The summed E-state index contributed by atoms with van der Waals surface area (Å²) in [4.78, 5) is 17.5. The molecule has 0 bridgehead atoms. The van der Waals surface area contributed by atoms with Gasteiger partial charge in [-0.05, 0) is 30.7 Å². The quantitative estimate of drug-likeness (QED) is 0.563. The Morgan fingerprint density at radius 2 is 2.10 bits per heavy atom. The fraction of sp³-hybridized carbons (Fsp3) is 0.176. The SMILES string of the molecule is O=C(CCCc1ccco1)c1ccnc2c(S)cccc12. The first kappa shape index (κ1) is 13.9. The van der Waals surface area contributed by atoms with Crippen LogP contribution in [0, 0.1) is 0 Å². The minimum absolute atomic E-state index is 0.132. The maximum absolute atomic E-state index is 12.4. The number of aromatic nitrogens is 1. The number of aryl methyl sites for hydroxylation is 1. The largest absolute Gasteiger partial charge is 0.469 e. The summed E-state index contributed by atoms with van der Waals surface area (Å²) in [5.74, 6) is 1.05. The molecule has 0 saturated heterocycles. The molecule has 1 aromatic carbocycles. The molecule has 0 fully saturated rings. The van der Waals surface area contributed by atoms with Crippen LogP contribution < -0.4 is 0 Å². The van der Waals surface area contributed by atoms with Crippen LogP contribution in [0.1, 0.15) is 29.0 Å². The van der Waals surface area contributed by atoms with Crippen molar-refractivity contribution in [3.05, 3.63) is 60.2 Å². The number of rotatable bonds is 5. The zero-order valence-electron chi connectivity index (χ0n) is 11.5. The van der Waals surface area contributed by atoms with Crippen LogP contribution in [-0.2, 0) is 6.42 Å². The Balaban J connectivity index is 1.77. The van der Waals surface area contributed by atoms with Crippen LogP contribution in [0.15, 0.2) is 58.2 Å². The molecule has 0 aliphatic carbocycles. The lowest BCUT2D eigenvalue weighted by molar-refractivity contribution is 0.0981. The molecule has 0 amide bonds. The number of hydrogen-bond donors (Lipinski definition) is 1. The Bertz CT molecular complexity index is 766. The third-order valence-electron chi connectivity index (χ3n) is 3.46. The molecule has 0 spiro atoms. The van der Waals surface area contributed by atoms with Crippen molar-refractivity contribution in [3.8, 4) is 0 Å². The van der Waals surface area contributed by atoms with Gasteiger partial charge in [0.05, 0.1) is 11.8 Å². The summed E-state index contributed by atoms with van der Waals surface area (Å²) >= 11 is 4.39. The molecular weight excluding hydrogens is 282 g/mol. The number of carbonyl (C=O) groups is 1. The van der Waals surface area contributed by atoms with E-state index >= 15 is 0 Å². The second-order valence-corrected chi connectivity index (χ2v) is 5.37. The number of fused-ring (bicyclic) bond motifs is 1. The van der Waals surface area contributed by atoms with Crippen molar-refractivity contribution in [2.24, 2.45) is 0 Å². The van der Waals surface area contributed by atoms with E-state index in [9.17, 15) is 4.79 Å². The summed E-state index contributed by atoms with van der Waals surface area (Å²) < 4.78 is 5.28. The number of carbonyl (C=O) groups excluding carboxylic acids is 1. The third kappa shape index (κ3) is 3.00. The Hall–Kier alpha value is -2.07. The van der Waals surface area contributed by atoms with Gasteiger partial charge in [-0.2, -0.15) is 0 Å². The Morgan fingerprint density at radius 3 is 2.90 bits per heavy atom. The number of furan rings is 1. The molecule has 0 aliphatic rings. The van der Waals surface area contributed by atoms with E-state index in [1.165, 1.54) is 0 Å². The number of thiol groups is 1. The van der Waals surface area contributed by atoms with Gasteiger partial charge in [0, 0.05) is 34.9 Å². The molecule has 3 aromatic rings. The standard InChI is InChI=1S/C17H15NO2S/c19-15(7-1-4-12-5-3-11-20-12)13-9-10-18-17-14(13)6-2-8-16(17)21/h2-3,5-6,8-11,21H,1,4,7H2. The molecule has 4 heteroatoms. The molecule has 3 rings (SSSR count). The van der Waals surface area contributed by atoms with Crippen molar-refractivity contribution < 1.29 is 9.21 Å². The molecule has 0 saturated carbocycles. The third-order valence-corrected chi connectivity index (χ3v) is 3.82. The summed E-state index contributed by atoms with van der Waals surface area (Å²) in [6.07, 6.45) is 5.37. The number of para-hydroxylation sites is 1. The predicted molar refractivity (Wildman–Crippen MR) is 85.0 cm³/mol. The van der Waals surface area contributed by atoms with Crippen LogP contribution in [-0.4, -0.2) is 10.8 Å². The number of benzene rings is 1. The van der Waals surface area contributed by atoms with Gasteiger partial charge in [-0.25, -0.2) is 0 Å². The molecular formula is C17H15NO2S. The lowest BCUT2D eigenvalue weighted by Crippen LogP contribution is -2.01. The molecule has 0 unspecified atom stereocenters. The molecule has 0 atom stereocenters. The van der Waals surface area contributed by atoms with E-state index in [4.69, 9.17) is 4.42 Å². The second-order valence-electron chi connectivity index (χ2n) is 4.89. The molecule has 3 nitrogen and oxygen atoms in total. The average Bonchev–Trinajstić information content (AvgIpc) is 3.00. The van der Waals surface area contributed by atoms with Crippen LogP contribution in [0.4, 0.5) is 0 Å². The van der Waals surface area contributed by atoms with Crippen molar-refractivity contribution in [3.63, 3.8) is 0 Å². The smallest absolute Gasteiger partial charge is 0.163 e. The monoisotopic (exact) mass is 297 g/mol. The summed E-state index contributed by atoms with van der Waals surface area (Å²) in [5.41, 5.74) is 1.49. The van der Waals surface area contributed by atoms with Gasteiger partial charge >= 0.3 is 0 Å². The zero-order chi connectivity index (χ0) is 14.7. The van der Waals surface area contributed by atoms with Crippen LogP contribution in [0.2, 0.25) is 0 Å². The van der Waals surface area contributed by atoms with E-state index in [2.05, 4.69) is 17.6 Å². The number of Topliss-reactive ketones (excluding diaryl/α,β-unsaturated/α-hetero) is 1. The molecule has 0 aliphatic heterocycles. The highest BCUT2D eigenvalue weighted by molar-refractivity contribution is 7.80. The predicted octanol–water partition coefficient (Wildman–Crippen LogP) is 4.32. The van der Waals surface area contributed by atoms with Gasteiger partial charge in [0.2, 0.25) is 0 Å². The molecule has 2 heterocycles. The maximum Gasteiger partial charge on any atom is 0.163 e. The van der Waals surface area contributed by atoms with E-state index in [0.717, 1.165) is 40.0 Å². The number of ketones is 1. The van der Waals surface area contributed by atoms with Crippen LogP contribution in [0.3, 0.4) is 0 Å². The average molecular weight is 297 g/mol. The summed E-state index contributed by atoms with van der Waals surface area (Å²) in [5, 5.41) is 0.869. The van der Waals surface area contributed by atoms with Crippen molar-refractivity contribution >= 4 is 29.3 Å². The normalized spacial score (nSPS) is 10.9. The highest BCUT2D eigenvalue weighted by atomic mass is 32.1. The van der Waals surface area contributed by atoms with Gasteiger partial charge < -0.3 is 4.42 Å². The molecule has 106 valence electrons. The highest BCUT2D eigenvalue weighted by Gasteiger charge is 2.11. The second kappa shape index (κ2) is 6.14. The van der Waals surface area contributed by atoms with E-state index in [-0.39, 0.29) is 5.78 Å². The first-order valence-electron chi connectivity index (χ1n) is 6.88. The number of hydrogen-bond acceptors (Lipinski definition) is 4. The van der Waals surface area contributed by atoms with E-state index < -0.39 is 0 Å². The summed E-state index contributed by atoms with van der Waals surface area (Å²) in [7, 11) is 0. The first-order valence-corrected chi connectivity index (χ1v) is 7.33. The fourth-order valence-corrected chi connectivity index (χ4v) is 2.68. The summed E-state index contributed by atoms with van der Waals surface area (Å²) in [6, 6.07) is 11.3. The first-order chi connectivity index (χ1) is 10.3. The van der Waals surface area contributed by atoms with Crippen molar-refractivity contribution in [1.82, 2.24) is 4.98 Å². The van der Waals surface area contributed by atoms with E-state index in [0.29, 0.717) is 6.42 Å². The van der Waals surface area contributed by atoms with Gasteiger partial charge in [0.25, 0.3) is 0 Å². The number of pyridine rings is 1. The fourth-order valence-electron chi connectivity index (χ4n) is 2.42.